The predicted molar refractivity (Wildman–Crippen MR) is 336 cm³/mol. The third-order valence-electron chi connectivity index (χ3n) is 17.1. The number of nitrogens with zero attached hydrogens (tertiary/aromatic N) is 3. The van der Waals surface area contributed by atoms with Crippen molar-refractivity contribution in [2.75, 3.05) is 14.7 Å². The lowest BCUT2D eigenvalue weighted by Gasteiger charge is -2.39. The first-order valence-electron chi connectivity index (χ1n) is 28.1. The summed E-state index contributed by atoms with van der Waals surface area (Å²) in [5.74, 6) is 1.64. The molecule has 12 aromatic carbocycles. The first-order valence-corrected chi connectivity index (χ1v) is 28.1. The van der Waals surface area contributed by atoms with Gasteiger partial charge in [0.15, 0.2) is 11.5 Å². The van der Waals surface area contributed by atoms with Crippen LogP contribution in [-0.2, 0) is 10.8 Å². The summed E-state index contributed by atoms with van der Waals surface area (Å²) in [4.78, 5) is 7.28. The van der Waals surface area contributed by atoms with Crippen LogP contribution in [-0.4, -0.2) is 0 Å². The Kier molecular flexibility index (Phi) is 11.3. The van der Waals surface area contributed by atoms with E-state index in [9.17, 15) is 0 Å². The van der Waals surface area contributed by atoms with E-state index in [-0.39, 0.29) is 0 Å². The maximum Gasteiger partial charge on any atom is 0.151 e. The van der Waals surface area contributed by atoms with Crippen LogP contribution in [0.4, 0.5) is 51.2 Å². The van der Waals surface area contributed by atoms with E-state index in [0.717, 1.165) is 62.7 Å². The van der Waals surface area contributed by atoms with Gasteiger partial charge < -0.3 is 19.4 Å². The number of fused-ring (bicyclic) bond motifs is 9. The summed E-state index contributed by atoms with van der Waals surface area (Å²) in [5.41, 5.74) is 24.2. The Morgan fingerprint density at radius 2 is 0.778 bits per heavy atom. The van der Waals surface area contributed by atoms with Gasteiger partial charge in [-0.15, -0.1) is 0 Å². The molecule has 0 saturated carbocycles. The standard InChI is InChI=1S/C77H57N3O/c1-52-47-54(53-25-11-4-12-26-53)39-45-70(52)80-71-50-66-64-43-41-62(79(59-35-21-9-22-36-59)60-37-23-10-24-38-60)49-68(64)77(55-27-13-5-14-28-55,56-29-15-6-16-30-56)69(66)51-73(71)81-72-46-44-65-63-42-40-61(48-67(63)76(2,3)74(65)75(72)80)78(57-31-17-7-18-32-57)58-33-19-8-20-34-58/h4-51H,1-3H3. The highest BCUT2D eigenvalue weighted by molar-refractivity contribution is 6.00. The zero-order valence-electron chi connectivity index (χ0n) is 45.5. The Morgan fingerprint density at radius 3 is 1.28 bits per heavy atom. The van der Waals surface area contributed by atoms with Crippen LogP contribution in [0.3, 0.4) is 0 Å². The zero-order chi connectivity index (χ0) is 54.2. The maximum absolute atomic E-state index is 7.57. The van der Waals surface area contributed by atoms with Gasteiger partial charge in [-0.2, -0.15) is 0 Å². The van der Waals surface area contributed by atoms with Crippen molar-refractivity contribution in [1.82, 2.24) is 0 Å². The van der Waals surface area contributed by atoms with Gasteiger partial charge in [0.05, 0.1) is 16.8 Å². The van der Waals surface area contributed by atoms with Crippen molar-refractivity contribution in [2.45, 2.75) is 31.6 Å². The minimum atomic E-state index is -0.717. The molecule has 81 heavy (non-hydrogen) atoms. The molecule has 0 radical (unpaired) electrons. The number of ether oxygens (including phenoxy) is 1. The third-order valence-corrected chi connectivity index (χ3v) is 17.1. The molecule has 0 spiro atoms. The Labute approximate surface area is 474 Å². The first-order chi connectivity index (χ1) is 39.9. The summed E-state index contributed by atoms with van der Waals surface area (Å²) in [5, 5.41) is 0. The lowest BCUT2D eigenvalue weighted by atomic mass is 9.67. The average molecular weight is 1040 g/mol. The number of aryl methyl sites for hydroxylation is 1. The van der Waals surface area contributed by atoms with Crippen LogP contribution in [0, 0.1) is 6.92 Å². The average Bonchev–Trinajstić information content (AvgIpc) is 2.03. The molecule has 4 nitrogen and oxygen atoms in total. The highest BCUT2D eigenvalue weighted by Gasteiger charge is 2.49. The fraction of sp³-hybridized carbons (Fsp3) is 0.0649. The van der Waals surface area contributed by atoms with Gasteiger partial charge in [0.25, 0.3) is 0 Å². The van der Waals surface area contributed by atoms with Crippen molar-refractivity contribution in [3.63, 3.8) is 0 Å². The minimum Gasteiger partial charge on any atom is -0.453 e. The minimum absolute atomic E-state index is 0.444. The molecule has 0 saturated heterocycles. The second kappa shape index (κ2) is 19.0. The van der Waals surface area contributed by atoms with E-state index < -0.39 is 10.8 Å². The van der Waals surface area contributed by atoms with Gasteiger partial charge >= 0.3 is 0 Å². The van der Waals surface area contributed by atoms with Crippen LogP contribution in [0.5, 0.6) is 11.5 Å². The van der Waals surface area contributed by atoms with Gasteiger partial charge in [-0.3, -0.25) is 0 Å². The van der Waals surface area contributed by atoms with E-state index in [1.807, 2.05) is 0 Å². The number of para-hydroxylation sites is 4. The Hall–Kier alpha value is -10.2. The molecule has 0 bridgehead atoms. The summed E-state index contributed by atoms with van der Waals surface area (Å²) in [7, 11) is 0. The van der Waals surface area contributed by atoms with E-state index in [0.29, 0.717) is 0 Å². The fourth-order valence-electron chi connectivity index (χ4n) is 13.6. The van der Waals surface area contributed by atoms with Gasteiger partial charge in [0.2, 0.25) is 0 Å². The van der Waals surface area contributed by atoms with Crippen molar-refractivity contribution in [3.8, 4) is 44.9 Å². The molecule has 386 valence electrons. The van der Waals surface area contributed by atoms with Crippen molar-refractivity contribution in [2.24, 2.45) is 0 Å². The van der Waals surface area contributed by atoms with Crippen LogP contribution >= 0.6 is 0 Å². The van der Waals surface area contributed by atoms with Gasteiger partial charge in [-0.05, 0) is 182 Å². The molecule has 15 rings (SSSR count). The van der Waals surface area contributed by atoms with Gasteiger partial charge in [-0.25, -0.2) is 0 Å². The van der Waals surface area contributed by atoms with E-state index in [4.69, 9.17) is 4.74 Å². The molecule has 1 aliphatic heterocycles. The normalized spacial score (nSPS) is 13.6. The largest absolute Gasteiger partial charge is 0.453 e. The SMILES string of the molecule is Cc1cc(-c2ccccc2)ccc1N1c2cc3c(cc2Oc2ccc4c(c21)C(C)(C)c1cc(N(c2ccccc2)c2ccccc2)ccc1-4)C(c1ccccc1)(c1ccccc1)c1cc(N(c2ccccc2)c2ccccc2)ccc1-3. The molecule has 4 heteroatoms. The van der Waals surface area contributed by atoms with Crippen molar-refractivity contribution in [3.05, 3.63) is 330 Å². The summed E-state index contributed by atoms with van der Waals surface area (Å²) in [6.45, 7) is 7.06. The Bertz CT molecular complexity index is 4220. The topological polar surface area (TPSA) is 19.0 Å². The van der Waals surface area contributed by atoms with Crippen LogP contribution in [0.1, 0.15) is 52.8 Å². The second-order valence-electron chi connectivity index (χ2n) is 22.1. The molecular formula is C77H57N3O. The second-order valence-corrected chi connectivity index (χ2v) is 22.1. The van der Waals surface area contributed by atoms with Crippen molar-refractivity contribution >= 4 is 51.2 Å². The number of hydrogen-bond acceptors (Lipinski definition) is 4. The van der Waals surface area contributed by atoms with Crippen LogP contribution in [0.15, 0.2) is 291 Å². The number of hydrogen-bond donors (Lipinski definition) is 0. The molecule has 12 aromatic rings. The molecule has 0 unspecified atom stereocenters. The van der Waals surface area contributed by atoms with Gasteiger partial charge in [0.1, 0.15) is 0 Å². The number of anilines is 9. The van der Waals surface area contributed by atoms with Gasteiger partial charge in [-0.1, -0.05) is 202 Å². The van der Waals surface area contributed by atoms with Crippen molar-refractivity contribution < 1.29 is 4.74 Å². The lowest BCUT2D eigenvalue weighted by molar-refractivity contribution is 0.473. The summed E-state index contributed by atoms with van der Waals surface area (Å²) in [6.07, 6.45) is 0. The quantitative estimate of drug-likeness (QED) is 0.136. The molecule has 2 aliphatic carbocycles. The Morgan fingerprint density at radius 1 is 0.333 bits per heavy atom. The molecule has 0 atom stereocenters. The molecule has 0 N–H and O–H groups in total. The van der Waals surface area contributed by atoms with E-state index >= 15 is 0 Å². The monoisotopic (exact) mass is 1040 g/mol. The van der Waals surface area contributed by atoms with Crippen LogP contribution in [0.25, 0.3) is 33.4 Å². The molecule has 1 heterocycles. The molecule has 0 amide bonds. The summed E-state index contributed by atoms with van der Waals surface area (Å²) < 4.78 is 7.57. The number of benzene rings is 12. The zero-order valence-corrected chi connectivity index (χ0v) is 45.5. The summed E-state index contributed by atoms with van der Waals surface area (Å²) in [6, 6.07) is 106. The number of rotatable bonds is 10. The molecule has 0 fully saturated rings. The maximum atomic E-state index is 7.57. The smallest absolute Gasteiger partial charge is 0.151 e. The third kappa shape index (κ3) is 7.59. The highest BCUT2D eigenvalue weighted by Crippen LogP contribution is 2.65. The predicted octanol–water partition coefficient (Wildman–Crippen LogP) is 20.8. The summed E-state index contributed by atoms with van der Waals surface area (Å²) >= 11 is 0. The van der Waals surface area contributed by atoms with E-state index in [2.05, 4.69) is 327 Å². The van der Waals surface area contributed by atoms with Crippen LogP contribution in [0.2, 0.25) is 0 Å². The van der Waals surface area contributed by atoms with Gasteiger partial charge in [0, 0.05) is 45.2 Å². The molecule has 0 aromatic heterocycles. The van der Waals surface area contributed by atoms with Crippen LogP contribution < -0.4 is 19.4 Å². The molecular weight excluding hydrogens is 983 g/mol. The lowest BCUT2D eigenvalue weighted by Crippen LogP contribution is -2.29. The highest BCUT2D eigenvalue weighted by atomic mass is 16.5. The fourth-order valence-corrected chi connectivity index (χ4v) is 13.6. The van der Waals surface area contributed by atoms with Crippen molar-refractivity contribution in [1.29, 1.82) is 0 Å². The Balaban J connectivity index is 0.969. The molecule has 3 aliphatic rings. The van der Waals surface area contributed by atoms with E-state index in [1.54, 1.807) is 0 Å². The van der Waals surface area contributed by atoms with E-state index in [1.165, 1.54) is 72.3 Å². The first kappa shape index (κ1) is 48.0.